The summed E-state index contributed by atoms with van der Waals surface area (Å²) < 4.78 is 1.79. The number of amides is 3. The van der Waals surface area contributed by atoms with Gasteiger partial charge in [0.1, 0.15) is 5.69 Å². The van der Waals surface area contributed by atoms with Crippen molar-refractivity contribution in [3.63, 3.8) is 0 Å². The van der Waals surface area contributed by atoms with Crippen molar-refractivity contribution < 1.29 is 9.59 Å². The number of carbonyl (C=O) groups excluding carboxylic acids is 2. The minimum Gasteiger partial charge on any atom is -0.335 e. The van der Waals surface area contributed by atoms with E-state index in [-0.39, 0.29) is 18.0 Å². The van der Waals surface area contributed by atoms with Gasteiger partial charge in [-0.2, -0.15) is 5.10 Å². The predicted molar refractivity (Wildman–Crippen MR) is 95.5 cm³/mol. The number of rotatable bonds is 3. The van der Waals surface area contributed by atoms with Crippen molar-refractivity contribution in [2.75, 3.05) is 26.2 Å². The van der Waals surface area contributed by atoms with E-state index in [0.29, 0.717) is 37.9 Å². The van der Waals surface area contributed by atoms with Crippen LogP contribution in [0, 0.1) is 0 Å². The second kappa shape index (κ2) is 7.89. The molecule has 0 aromatic carbocycles. The van der Waals surface area contributed by atoms with Crippen molar-refractivity contribution in [1.29, 1.82) is 0 Å². The van der Waals surface area contributed by atoms with Crippen LogP contribution in [-0.2, 0) is 0 Å². The molecule has 2 aliphatic rings. The Bertz CT molecular complexity index is 598. The summed E-state index contributed by atoms with van der Waals surface area (Å²) in [4.78, 5) is 28.6. The molecule has 25 heavy (non-hydrogen) atoms. The van der Waals surface area contributed by atoms with Crippen LogP contribution < -0.4 is 5.32 Å². The second-order valence-electron chi connectivity index (χ2n) is 7.34. The summed E-state index contributed by atoms with van der Waals surface area (Å²) in [5.41, 5.74) is 0.480. The maximum Gasteiger partial charge on any atom is 0.317 e. The van der Waals surface area contributed by atoms with E-state index >= 15 is 0 Å². The van der Waals surface area contributed by atoms with E-state index in [1.807, 2.05) is 24.9 Å². The molecule has 1 saturated carbocycles. The first-order chi connectivity index (χ1) is 12.0. The third-order valence-corrected chi connectivity index (χ3v) is 5.14. The largest absolute Gasteiger partial charge is 0.335 e. The Labute approximate surface area is 149 Å². The molecule has 3 amide bonds. The fraction of sp³-hybridized carbons (Fsp3) is 0.722. The number of aromatic nitrogens is 2. The summed E-state index contributed by atoms with van der Waals surface area (Å²) in [7, 11) is 0. The van der Waals surface area contributed by atoms with Crippen LogP contribution in [0.4, 0.5) is 4.79 Å². The van der Waals surface area contributed by atoms with E-state index in [1.54, 1.807) is 15.6 Å². The quantitative estimate of drug-likeness (QED) is 0.912. The van der Waals surface area contributed by atoms with Gasteiger partial charge < -0.3 is 15.1 Å². The molecular formula is C18H29N5O2. The monoisotopic (exact) mass is 347 g/mol. The molecule has 0 radical (unpaired) electrons. The fourth-order valence-corrected chi connectivity index (χ4v) is 3.53. The first-order valence-electron chi connectivity index (χ1n) is 9.44. The molecule has 1 aliphatic carbocycles. The van der Waals surface area contributed by atoms with E-state index in [0.717, 1.165) is 12.8 Å². The Morgan fingerprint density at radius 3 is 2.32 bits per heavy atom. The van der Waals surface area contributed by atoms with Crippen molar-refractivity contribution in [1.82, 2.24) is 24.9 Å². The Morgan fingerprint density at radius 2 is 1.72 bits per heavy atom. The highest BCUT2D eigenvalue weighted by Gasteiger charge is 2.27. The van der Waals surface area contributed by atoms with Crippen molar-refractivity contribution >= 4 is 11.9 Å². The number of piperazine rings is 1. The van der Waals surface area contributed by atoms with E-state index in [1.165, 1.54) is 19.3 Å². The second-order valence-corrected chi connectivity index (χ2v) is 7.34. The molecule has 2 fully saturated rings. The van der Waals surface area contributed by atoms with Crippen LogP contribution in [0.15, 0.2) is 12.3 Å². The van der Waals surface area contributed by atoms with Crippen LogP contribution in [-0.4, -0.2) is 63.7 Å². The van der Waals surface area contributed by atoms with E-state index in [2.05, 4.69) is 10.4 Å². The molecule has 0 unspecified atom stereocenters. The van der Waals surface area contributed by atoms with E-state index in [4.69, 9.17) is 0 Å². The Morgan fingerprint density at radius 1 is 1.08 bits per heavy atom. The van der Waals surface area contributed by atoms with Crippen LogP contribution in [0.3, 0.4) is 0 Å². The summed E-state index contributed by atoms with van der Waals surface area (Å²) in [6.45, 7) is 6.34. The van der Waals surface area contributed by atoms with Crippen molar-refractivity contribution in [3.8, 4) is 0 Å². The van der Waals surface area contributed by atoms with Gasteiger partial charge in [0.2, 0.25) is 0 Å². The number of hydrogen-bond acceptors (Lipinski definition) is 3. The first kappa shape index (κ1) is 17.8. The first-order valence-corrected chi connectivity index (χ1v) is 9.44. The Hall–Kier alpha value is -2.05. The highest BCUT2D eigenvalue weighted by atomic mass is 16.2. The predicted octanol–water partition coefficient (Wildman–Crippen LogP) is 2.26. The normalized spacial score (nSPS) is 19.3. The summed E-state index contributed by atoms with van der Waals surface area (Å²) in [5, 5.41) is 7.50. The van der Waals surface area contributed by atoms with Gasteiger partial charge in [0.05, 0.1) is 0 Å². The standard InChI is InChI=1S/C18H29N5O2/c1-14(2)23-9-8-16(20-23)17(24)21-10-12-22(13-11-21)18(25)19-15-6-4-3-5-7-15/h8-9,14-15H,3-7,10-13H2,1-2H3,(H,19,25). The highest BCUT2D eigenvalue weighted by Crippen LogP contribution is 2.18. The zero-order valence-electron chi connectivity index (χ0n) is 15.3. The number of urea groups is 1. The minimum absolute atomic E-state index is 0.0167. The topological polar surface area (TPSA) is 70.5 Å². The van der Waals surface area contributed by atoms with Gasteiger partial charge in [0.15, 0.2) is 0 Å². The van der Waals surface area contributed by atoms with Gasteiger partial charge in [-0.25, -0.2) is 4.79 Å². The molecule has 0 spiro atoms. The molecule has 1 N–H and O–H groups in total. The Kier molecular flexibility index (Phi) is 5.60. The molecule has 1 aliphatic heterocycles. The molecule has 1 aromatic rings. The SMILES string of the molecule is CC(C)n1ccc(C(=O)N2CCN(C(=O)NC3CCCCC3)CC2)n1. The van der Waals surface area contributed by atoms with Gasteiger partial charge in [-0.05, 0) is 32.8 Å². The fourth-order valence-electron chi connectivity index (χ4n) is 3.53. The van der Waals surface area contributed by atoms with Crippen LogP contribution in [0.2, 0.25) is 0 Å². The van der Waals surface area contributed by atoms with E-state index < -0.39 is 0 Å². The molecule has 0 atom stereocenters. The van der Waals surface area contributed by atoms with Gasteiger partial charge in [0.25, 0.3) is 5.91 Å². The van der Waals surface area contributed by atoms with Crippen molar-refractivity contribution in [3.05, 3.63) is 18.0 Å². The van der Waals surface area contributed by atoms with Crippen LogP contribution >= 0.6 is 0 Å². The molecular weight excluding hydrogens is 318 g/mol. The zero-order valence-corrected chi connectivity index (χ0v) is 15.3. The third kappa shape index (κ3) is 4.32. The van der Waals surface area contributed by atoms with Crippen LogP contribution in [0.1, 0.15) is 62.5 Å². The maximum absolute atomic E-state index is 12.6. The van der Waals surface area contributed by atoms with Gasteiger partial charge in [-0.1, -0.05) is 19.3 Å². The van der Waals surface area contributed by atoms with Gasteiger partial charge in [0, 0.05) is 44.5 Å². The maximum atomic E-state index is 12.6. The molecule has 1 aromatic heterocycles. The lowest BCUT2D eigenvalue weighted by Gasteiger charge is -2.35. The van der Waals surface area contributed by atoms with Gasteiger partial charge in [-0.15, -0.1) is 0 Å². The third-order valence-electron chi connectivity index (χ3n) is 5.14. The van der Waals surface area contributed by atoms with Crippen molar-refractivity contribution in [2.45, 2.75) is 58.0 Å². The smallest absolute Gasteiger partial charge is 0.317 e. The number of hydrogen-bond donors (Lipinski definition) is 1. The van der Waals surface area contributed by atoms with Crippen LogP contribution in [0.25, 0.3) is 0 Å². The minimum atomic E-state index is -0.0493. The summed E-state index contributed by atoms with van der Waals surface area (Å²) in [5.74, 6) is -0.0493. The number of nitrogens with one attached hydrogen (secondary N) is 1. The number of carbonyl (C=O) groups is 2. The molecule has 2 heterocycles. The Balaban J connectivity index is 1.48. The average molecular weight is 347 g/mol. The molecule has 138 valence electrons. The van der Waals surface area contributed by atoms with Crippen LogP contribution in [0.5, 0.6) is 0 Å². The molecule has 7 heteroatoms. The van der Waals surface area contributed by atoms with Gasteiger partial charge in [-0.3, -0.25) is 9.48 Å². The van der Waals surface area contributed by atoms with Gasteiger partial charge >= 0.3 is 6.03 Å². The summed E-state index contributed by atoms with van der Waals surface area (Å²) in [6.07, 6.45) is 7.70. The summed E-state index contributed by atoms with van der Waals surface area (Å²) >= 11 is 0. The molecule has 3 rings (SSSR count). The molecule has 7 nitrogen and oxygen atoms in total. The average Bonchev–Trinajstić information content (AvgIpc) is 3.12. The molecule has 0 bridgehead atoms. The lowest BCUT2D eigenvalue weighted by atomic mass is 9.96. The van der Waals surface area contributed by atoms with E-state index in [9.17, 15) is 9.59 Å². The zero-order chi connectivity index (χ0) is 17.8. The highest BCUT2D eigenvalue weighted by molar-refractivity contribution is 5.92. The molecule has 1 saturated heterocycles. The lowest BCUT2D eigenvalue weighted by Crippen LogP contribution is -2.54. The summed E-state index contributed by atoms with van der Waals surface area (Å²) in [6, 6.07) is 2.34. The van der Waals surface area contributed by atoms with Crippen molar-refractivity contribution in [2.24, 2.45) is 0 Å². The number of nitrogens with zero attached hydrogens (tertiary/aromatic N) is 4. The lowest BCUT2D eigenvalue weighted by molar-refractivity contribution is 0.0655.